The minimum atomic E-state index is 0.0446. The maximum atomic E-state index is 12.4. The number of fused-ring (bicyclic) bond motifs is 1. The van der Waals surface area contributed by atoms with Crippen molar-refractivity contribution in [1.82, 2.24) is 15.2 Å². The molecule has 4 rings (SSSR count). The number of hydrogen-bond donors (Lipinski definition) is 1. The number of carbonyl (C=O) groups excluding carboxylic acids is 2. The summed E-state index contributed by atoms with van der Waals surface area (Å²) in [6.07, 6.45) is 6.41. The summed E-state index contributed by atoms with van der Waals surface area (Å²) in [4.78, 5) is 31.3. The van der Waals surface area contributed by atoms with Crippen LogP contribution in [0, 0.1) is 0 Å². The molecule has 2 heterocycles. The van der Waals surface area contributed by atoms with E-state index in [4.69, 9.17) is 0 Å². The molecule has 0 radical (unpaired) electrons. The molecule has 0 unspecified atom stereocenters. The largest absolute Gasteiger partial charge is 0.338 e. The topological polar surface area (TPSA) is 62.3 Å². The van der Waals surface area contributed by atoms with Crippen LogP contribution in [0.1, 0.15) is 72.5 Å². The number of unbranched alkanes of at least 4 members (excludes halogenated alkanes) is 1. The lowest BCUT2D eigenvalue weighted by molar-refractivity contribution is 0.101. The summed E-state index contributed by atoms with van der Waals surface area (Å²) in [6, 6.07) is 16.8. The quantitative estimate of drug-likeness (QED) is 0.375. The Morgan fingerprint density at radius 2 is 1.85 bits per heavy atom. The molecule has 0 atom stereocenters. The van der Waals surface area contributed by atoms with E-state index in [9.17, 15) is 9.59 Å². The highest BCUT2D eigenvalue weighted by atomic mass is 16.2. The van der Waals surface area contributed by atoms with Crippen LogP contribution in [0.25, 0.3) is 10.9 Å². The van der Waals surface area contributed by atoms with Crippen LogP contribution >= 0.6 is 0 Å². The van der Waals surface area contributed by atoms with Crippen LogP contribution in [0.15, 0.2) is 54.7 Å². The van der Waals surface area contributed by atoms with Gasteiger partial charge >= 0.3 is 6.03 Å². The summed E-state index contributed by atoms with van der Waals surface area (Å²) in [5.74, 6) is 0.447. The fraction of sp³-hybridized carbons (Fsp3) is 0.393. The molecule has 1 fully saturated rings. The molecule has 1 aromatic heterocycles. The van der Waals surface area contributed by atoms with Gasteiger partial charge in [0.2, 0.25) is 0 Å². The molecule has 1 aliphatic heterocycles. The van der Waals surface area contributed by atoms with Crippen LogP contribution in [0.2, 0.25) is 0 Å². The number of urea groups is 1. The van der Waals surface area contributed by atoms with Crippen LogP contribution in [0.3, 0.4) is 0 Å². The zero-order valence-electron chi connectivity index (χ0n) is 19.6. The molecule has 2 aromatic carbocycles. The van der Waals surface area contributed by atoms with Crippen molar-refractivity contribution >= 4 is 22.7 Å². The Hall–Kier alpha value is -3.21. The zero-order chi connectivity index (χ0) is 23.2. The molecule has 5 heteroatoms. The number of pyridine rings is 1. The average molecular weight is 444 g/mol. The first-order valence-corrected chi connectivity index (χ1v) is 12.1. The highest BCUT2D eigenvalue weighted by molar-refractivity contribution is 6.00. The number of piperidine rings is 1. The summed E-state index contributed by atoms with van der Waals surface area (Å²) in [5, 5.41) is 4.09. The second-order valence-corrected chi connectivity index (χ2v) is 8.99. The molecule has 2 amide bonds. The summed E-state index contributed by atoms with van der Waals surface area (Å²) in [6.45, 7) is 6.02. The van der Waals surface area contributed by atoms with Crippen LogP contribution in [-0.2, 0) is 6.42 Å². The Labute approximate surface area is 196 Å². The van der Waals surface area contributed by atoms with Crippen molar-refractivity contribution in [2.75, 3.05) is 19.6 Å². The van der Waals surface area contributed by atoms with Crippen molar-refractivity contribution in [3.63, 3.8) is 0 Å². The van der Waals surface area contributed by atoms with Crippen molar-refractivity contribution < 1.29 is 9.59 Å². The lowest BCUT2D eigenvalue weighted by Crippen LogP contribution is -2.44. The number of hydrogen-bond acceptors (Lipinski definition) is 3. The first-order chi connectivity index (χ1) is 16.1. The molecule has 0 bridgehead atoms. The first-order valence-electron chi connectivity index (χ1n) is 12.1. The van der Waals surface area contributed by atoms with Crippen molar-refractivity contribution in [1.29, 1.82) is 0 Å². The number of benzene rings is 2. The molecule has 3 aromatic rings. The molecule has 5 nitrogen and oxygen atoms in total. The number of nitrogens with zero attached hydrogens (tertiary/aromatic N) is 2. The number of amides is 2. The fourth-order valence-electron chi connectivity index (χ4n) is 4.71. The fourth-order valence-corrected chi connectivity index (χ4v) is 4.71. The highest BCUT2D eigenvalue weighted by Gasteiger charge is 2.24. The van der Waals surface area contributed by atoms with Crippen LogP contribution in [0.5, 0.6) is 0 Å². The minimum Gasteiger partial charge on any atom is -0.338 e. The van der Waals surface area contributed by atoms with Gasteiger partial charge in [-0.1, -0.05) is 49.7 Å². The van der Waals surface area contributed by atoms with Gasteiger partial charge in [0.15, 0.2) is 5.78 Å². The molecule has 33 heavy (non-hydrogen) atoms. The normalized spacial score (nSPS) is 14.4. The third kappa shape index (κ3) is 5.41. The molecular formula is C28H33N3O2. The number of nitrogens with one attached hydrogen (secondary N) is 1. The van der Waals surface area contributed by atoms with Crippen molar-refractivity contribution in [2.45, 2.75) is 51.9 Å². The Kier molecular flexibility index (Phi) is 7.38. The second-order valence-electron chi connectivity index (χ2n) is 8.99. The SMILES string of the molecule is CCCCNC(=O)N1CCC(c2ccc3ncc(C(C)=O)c(Cc4ccccc4)c3c2)CC1. The summed E-state index contributed by atoms with van der Waals surface area (Å²) in [7, 11) is 0. The maximum absolute atomic E-state index is 12.4. The smallest absolute Gasteiger partial charge is 0.317 e. The lowest BCUT2D eigenvalue weighted by atomic mass is 9.87. The minimum absolute atomic E-state index is 0.0446. The summed E-state index contributed by atoms with van der Waals surface area (Å²) >= 11 is 0. The van der Waals surface area contributed by atoms with Crippen LogP contribution in [0.4, 0.5) is 4.79 Å². The Bertz CT molecular complexity index is 1120. The number of Topliss-reactive ketones (excluding diaryl/α,β-unsaturated/α-hetero) is 1. The molecule has 1 aliphatic rings. The molecule has 172 valence electrons. The molecule has 0 aliphatic carbocycles. The maximum Gasteiger partial charge on any atom is 0.317 e. The van der Waals surface area contributed by atoms with E-state index in [2.05, 4.69) is 47.6 Å². The second kappa shape index (κ2) is 10.6. The van der Waals surface area contributed by atoms with E-state index in [1.54, 1.807) is 13.1 Å². The predicted molar refractivity (Wildman–Crippen MR) is 133 cm³/mol. The van der Waals surface area contributed by atoms with Crippen molar-refractivity contribution in [2.24, 2.45) is 0 Å². The predicted octanol–water partition coefficient (Wildman–Crippen LogP) is 5.72. The first kappa shape index (κ1) is 23.0. The molecule has 0 saturated carbocycles. The van der Waals surface area contributed by atoms with E-state index in [1.807, 2.05) is 23.1 Å². The van der Waals surface area contributed by atoms with E-state index >= 15 is 0 Å². The van der Waals surface area contributed by atoms with Gasteiger partial charge in [-0.2, -0.15) is 0 Å². The Morgan fingerprint density at radius 1 is 1.09 bits per heavy atom. The lowest BCUT2D eigenvalue weighted by Gasteiger charge is -2.32. The van der Waals surface area contributed by atoms with Gasteiger partial charge in [0, 0.05) is 36.8 Å². The van der Waals surface area contributed by atoms with E-state index < -0.39 is 0 Å². The van der Waals surface area contributed by atoms with Gasteiger partial charge in [-0.15, -0.1) is 0 Å². The van der Waals surface area contributed by atoms with Crippen molar-refractivity contribution in [3.8, 4) is 0 Å². The molecule has 0 spiro atoms. The Balaban J connectivity index is 1.57. The standard InChI is InChI=1S/C28H33N3O2/c1-3-4-14-29-28(33)31-15-12-22(13-16-31)23-10-11-27-25(18-23)24(26(19-30-27)20(2)32)17-21-8-6-5-7-9-21/h5-11,18-19,22H,3-4,12-17H2,1-2H3,(H,29,33). The molecular weight excluding hydrogens is 410 g/mol. The Morgan fingerprint density at radius 3 is 2.55 bits per heavy atom. The van der Waals surface area contributed by atoms with Gasteiger partial charge < -0.3 is 10.2 Å². The van der Waals surface area contributed by atoms with Gasteiger partial charge in [-0.05, 0) is 67.3 Å². The number of likely N-dealkylation sites (tertiary alicyclic amines) is 1. The van der Waals surface area contributed by atoms with Crippen molar-refractivity contribution in [3.05, 3.63) is 77.0 Å². The van der Waals surface area contributed by atoms with E-state index in [-0.39, 0.29) is 11.8 Å². The number of carbonyl (C=O) groups is 2. The van der Waals surface area contributed by atoms with Gasteiger partial charge in [0.05, 0.1) is 5.52 Å². The summed E-state index contributed by atoms with van der Waals surface area (Å²) < 4.78 is 0. The van der Waals surface area contributed by atoms with E-state index in [1.165, 1.54) is 11.1 Å². The van der Waals surface area contributed by atoms with Crippen LogP contribution in [-0.4, -0.2) is 41.3 Å². The molecule has 1 saturated heterocycles. The van der Waals surface area contributed by atoms with Crippen LogP contribution < -0.4 is 5.32 Å². The number of ketones is 1. The average Bonchev–Trinajstić information content (AvgIpc) is 2.84. The van der Waals surface area contributed by atoms with E-state index in [0.717, 1.165) is 61.8 Å². The molecule has 1 N–H and O–H groups in total. The van der Waals surface area contributed by atoms with Gasteiger partial charge in [-0.25, -0.2) is 4.79 Å². The third-order valence-corrected chi connectivity index (χ3v) is 6.67. The van der Waals surface area contributed by atoms with Gasteiger partial charge in [0.25, 0.3) is 0 Å². The third-order valence-electron chi connectivity index (χ3n) is 6.67. The van der Waals surface area contributed by atoms with E-state index in [0.29, 0.717) is 17.9 Å². The number of aromatic nitrogens is 1. The highest BCUT2D eigenvalue weighted by Crippen LogP contribution is 2.32. The van der Waals surface area contributed by atoms with Gasteiger partial charge in [0.1, 0.15) is 0 Å². The monoisotopic (exact) mass is 443 g/mol. The summed E-state index contributed by atoms with van der Waals surface area (Å²) in [5.41, 5.74) is 5.11. The zero-order valence-corrected chi connectivity index (χ0v) is 19.6. The van der Waals surface area contributed by atoms with Gasteiger partial charge in [-0.3, -0.25) is 9.78 Å². The number of rotatable bonds is 7.